The van der Waals surface area contributed by atoms with Gasteiger partial charge in [0, 0.05) is 5.69 Å². The zero-order chi connectivity index (χ0) is 35.4. The number of carbonyl (C=O) groups is 2. The van der Waals surface area contributed by atoms with Crippen molar-refractivity contribution in [3.8, 4) is 6.19 Å². The van der Waals surface area contributed by atoms with Crippen LogP contribution in [0.3, 0.4) is 0 Å². The number of nitrogen functional groups attached to an aromatic ring is 1. The van der Waals surface area contributed by atoms with Crippen LogP contribution in [0.4, 0.5) is 22.7 Å². The summed E-state index contributed by atoms with van der Waals surface area (Å²) in [6, 6.07) is 8.03. The maximum Gasteiger partial charge on any atom is 0.296 e. The number of nitrogens with two attached hydrogens (primary N) is 1. The molecule has 48 heavy (non-hydrogen) atoms. The first-order valence-electron chi connectivity index (χ1n) is 12.6. The third-order valence-electron chi connectivity index (χ3n) is 5.96. The third kappa shape index (κ3) is 8.52. The van der Waals surface area contributed by atoms with E-state index >= 15 is 0 Å². The number of guanidine groups is 1. The highest BCUT2D eigenvalue weighted by Crippen LogP contribution is 2.32. The lowest BCUT2D eigenvalue weighted by molar-refractivity contribution is -0.131. The van der Waals surface area contributed by atoms with Crippen LogP contribution in [0.15, 0.2) is 94.7 Å². The van der Waals surface area contributed by atoms with Crippen molar-refractivity contribution in [1.29, 1.82) is 5.26 Å². The first-order chi connectivity index (χ1) is 22.4. The molecule has 2 amide bonds. The predicted molar refractivity (Wildman–Crippen MR) is 164 cm³/mol. The van der Waals surface area contributed by atoms with Crippen molar-refractivity contribution in [2.75, 3.05) is 5.73 Å². The SMILES string of the molecule is N#CN=C1NC(=O)C(N=Nc2ccc(N=Nc3ccc(/C=C/c4ccc(N)cc4S(=O)(=O)O)c(S(=O)(=O)O)c3)cc2S(=O)(=O)O)C(=O)N1. The normalized spacial score (nSPS) is 15.9. The number of benzene rings is 3. The number of anilines is 1. The molecule has 0 aromatic heterocycles. The molecular weight excluding hydrogens is 699 g/mol. The van der Waals surface area contributed by atoms with Crippen LogP contribution in [-0.4, -0.2) is 62.7 Å². The van der Waals surface area contributed by atoms with Crippen molar-refractivity contribution >= 4 is 83.0 Å². The van der Waals surface area contributed by atoms with Crippen molar-refractivity contribution < 1.29 is 48.5 Å². The summed E-state index contributed by atoms with van der Waals surface area (Å²) in [7, 11) is -14.6. The van der Waals surface area contributed by atoms with Crippen molar-refractivity contribution in [3.63, 3.8) is 0 Å². The van der Waals surface area contributed by atoms with E-state index in [1.165, 1.54) is 30.5 Å². The number of rotatable bonds is 9. The molecule has 7 N–H and O–H groups in total. The van der Waals surface area contributed by atoms with Gasteiger partial charge in [0.2, 0.25) is 18.2 Å². The standard InChI is InChI=1S/C25H19N9O11S3/c26-12-28-25-29-23(35)22(24(36)30-25)34-33-18-8-7-17(11-21(18)48(43,44)45)32-31-16-6-4-14(20(10-16)47(40,41)42)2-1-13-3-5-15(27)9-19(13)46(37,38)39/h1-11,22H,27H2,(H,37,38,39)(H,40,41,42)(H,43,44,45)(H2,28,29,30,35,36)/b2-1+,32-31?,34-33?. The fourth-order valence-electron chi connectivity index (χ4n) is 3.86. The van der Waals surface area contributed by atoms with Gasteiger partial charge in [0.25, 0.3) is 42.2 Å². The molecule has 0 saturated carbocycles. The van der Waals surface area contributed by atoms with Gasteiger partial charge in [-0.05, 0) is 53.6 Å². The molecule has 0 atom stereocenters. The highest BCUT2D eigenvalue weighted by Gasteiger charge is 2.34. The van der Waals surface area contributed by atoms with E-state index < -0.39 is 74.5 Å². The molecule has 0 radical (unpaired) electrons. The van der Waals surface area contributed by atoms with Crippen LogP contribution in [0.5, 0.6) is 0 Å². The van der Waals surface area contributed by atoms with Crippen LogP contribution in [0.2, 0.25) is 0 Å². The highest BCUT2D eigenvalue weighted by molar-refractivity contribution is 7.86. The Hall–Kier alpha value is -5.77. The van der Waals surface area contributed by atoms with Gasteiger partial charge >= 0.3 is 0 Å². The third-order valence-corrected chi connectivity index (χ3v) is 8.66. The van der Waals surface area contributed by atoms with Crippen LogP contribution < -0.4 is 16.4 Å². The zero-order valence-corrected chi connectivity index (χ0v) is 26.0. The molecule has 3 aromatic carbocycles. The second-order valence-corrected chi connectivity index (χ2v) is 13.5. The van der Waals surface area contributed by atoms with Crippen LogP contribution in [0, 0.1) is 11.5 Å². The van der Waals surface area contributed by atoms with Crippen LogP contribution in [0.1, 0.15) is 11.1 Å². The molecule has 4 rings (SSSR count). The molecule has 1 aliphatic rings. The minimum Gasteiger partial charge on any atom is -0.399 e. The first kappa shape index (κ1) is 35.1. The largest absolute Gasteiger partial charge is 0.399 e. The monoisotopic (exact) mass is 717 g/mol. The van der Waals surface area contributed by atoms with Gasteiger partial charge in [0.05, 0.1) is 11.4 Å². The fourth-order valence-corrected chi connectivity index (χ4v) is 5.92. The summed E-state index contributed by atoms with van der Waals surface area (Å²) in [6.07, 6.45) is 3.64. The van der Waals surface area contributed by atoms with Gasteiger partial charge < -0.3 is 5.73 Å². The minimum absolute atomic E-state index is 0.0289. The van der Waals surface area contributed by atoms with Crippen molar-refractivity contribution in [2.45, 2.75) is 20.7 Å². The van der Waals surface area contributed by atoms with Gasteiger partial charge in [-0.1, -0.05) is 24.3 Å². The fraction of sp³-hybridized carbons (Fsp3) is 0.0400. The van der Waals surface area contributed by atoms with E-state index in [4.69, 9.17) is 11.0 Å². The molecule has 0 unspecified atom stereocenters. The number of aliphatic imine (C=N–C) groups is 1. The maximum absolute atomic E-state index is 12.1. The van der Waals surface area contributed by atoms with Gasteiger partial charge in [-0.2, -0.15) is 51.0 Å². The lowest BCUT2D eigenvalue weighted by atomic mass is 10.1. The van der Waals surface area contributed by atoms with E-state index in [1.807, 2.05) is 0 Å². The summed E-state index contributed by atoms with van der Waals surface area (Å²) in [5.41, 5.74) is 4.52. The number of hydrogen-bond donors (Lipinski definition) is 6. The second kappa shape index (κ2) is 13.5. The predicted octanol–water partition coefficient (Wildman–Crippen LogP) is 2.13. The summed E-state index contributed by atoms with van der Waals surface area (Å²) in [6.45, 7) is 0. The number of hydrogen-bond acceptors (Lipinski definition) is 15. The molecule has 0 spiro atoms. The second-order valence-electron chi connectivity index (χ2n) is 9.29. The Morgan fingerprint density at radius 3 is 1.71 bits per heavy atom. The number of carbonyl (C=O) groups excluding carboxylic acids is 2. The molecule has 1 saturated heterocycles. The number of azo groups is 2. The van der Waals surface area contributed by atoms with Gasteiger partial charge in [0.1, 0.15) is 20.4 Å². The summed E-state index contributed by atoms with van der Waals surface area (Å²) < 4.78 is 101. The molecule has 1 heterocycles. The average Bonchev–Trinajstić information content (AvgIpc) is 2.98. The zero-order valence-electron chi connectivity index (χ0n) is 23.5. The molecule has 248 valence electrons. The van der Waals surface area contributed by atoms with E-state index in [-0.39, 0.29) is 28.2 Å². The number of nitrogens with one attached hydrogen (secondary N) is 2. The number of nitrogens with zero attached hydrogens (tertiary/aromatic N) is 6. The molecule has 0 bridgehead atoms. The summed E-state index contributed by atoms with van der Waals surface area (Å²) in [5.74, 6) is -2.52. The lowest BCUT2D eigenvalue weighted by Gasteiger charge is -2.18. The van der Waals surface area contributed by atoms with Gasteiger partial charge in [0.15, 0.2) is 0 Å². The average molecular weight is 718 g/mol. The van der Waals surface area contributed by atoms with Gasteiger partial charge in [-0.15, -0.1) is 4.99 Å². The maximum atomic E-state index is 12.1. The van der Waals surface area contributed by atoms with Crippen LogP contribution in [-0.2, 0) is 39.9 Å². The van der Waals surface area contributed by atoms with Gasteiger partial charge in [-0.25, -0.2) is 0 Å². The number of nitriles is 1. The van der Waals surface area contributed by atoms with Crippen molar-refractivity contribution in [2.24, 2.45) is 25.4 Å². The lowest BCUT2D eigenvalue weighted by Crippen LogP contribution is -2.58. The Morgan fingerprint density at radius 1 is 0.708 bits per heavy atom. The molecule has 20 nitrogen and oxygen atoms in total. The Labute approximate surface area is 270 Å². The van der Waals surface area contributed by atoms with Gasteiger partial charge in [-0.3, -0.25) is 33.9 Å². The smallest absolute Gasteiger partial charge is 0.296 e. The van der Waals surface area contributed by atoms with E-state index in [1.54, 1.807) is 0 Å². The molecule has 23 heteroatoms. The summed E-state index contributed by atoms with van der Waals surface area (Å²) >= 11 is 0. The van der Waals surface area contributed by atoms with E-state index in [2.05, 4.69) is 36.1 Å². The summed E-state index contributed by atoms with van der Waals surface area (Å²) in [4.78, 5) is 25.3. The van der Waals surface area contributed by atoms with Crippen molar-refractivity contribution in [3.05, 3.63) is 65.7 Å². The number of amides is 2. The Morgan fingerprint density at radius 2 is 1.19 bits per heavy atom. The van der Waals surface area contributed by atoms with E-state index in [0.717, 1.165) is 42.5 Å². The van der Waals surface area contributed by atoms with Crippen molar-refractivity contribution in [1.82, 2.24) is 10.6 Å². The minimum atomic E-state index is -5.00. The quantitative estimate of drug-likeness (QED) is 0.0462. The molecular formula is C25H19N9O11S3. The first-order valence-corrected chi connectivity index (χ1v) is 16.9. The Bertz CT molecular complexity index is 2330. The topological polar surface area (TPSA) is 333 Å². The van der Waals surface area contributed by atoms with E-state index in [0.29, 0.717) is 0 Å². The molecule has 0 aliphatic carbocycles. The Kier molecular flexibility index (Phi) is 9.89. The molecule has 3 aromatic rings. The highest BCUT2D eigenvalue weighted by atomic mass is 32.2. The van der Waals surface area contributed by atoms with Crippen LogP contribution >= 0.6 is 0 Å². The molecule has 1 aliphatic heterocycles. The Balaban J connectivity index is 1.64. The van der Waals surface area contributed by atoms with Crippen LogP contribution in [0.25, 0.3) is 12.2 Å². The summed E-state index contributed by atoms with van der Waals surface area (Å²) in [5, 5.41) is 27.4. The molecule has 1 fully saturated rings. The van der Waals surface area contributed by atoms with E-state index in [9.17, 15) is 48.5 Å².